The van der Waals surface area contributed by atoms with Crippen molar-refractivity contribution in [2.75, 3.05) is 6.54 Å². The van der Waals surface area contributed by atoms with Crippen LogP contribution in [0.25, 0.3) is 0 Å². The standard InChI is InChI=1S/C11H19N3O/c1-5-6-14(8(2)3)11(15)10-7-12-13-9(10)4/h7-8H,5-6H2,1-4H3,(H,12,13). The molecule has 0 aliphatic carbocycles. The van der Waals surface area contributed by atoms with Gasteiger partial charge in [-0.15, -0.1) is 0 Å². The molecule has 0 radical (unpaired) electrons. The lowest BCUT2D eigenvalue weighted by Gasteiger charge is -2.26. The maximum Gasteiger partial charge on any atom is 0.257 e. The Morgan fingerprint density at radius 2 is 2.27 bits per heavy atom. The quantitative estimate of drug-likeness (QED) is 0.824. The largest absolute Gasteiger partial charge is 0.336 e. The second-order valence-electron chi connectivity index (χ2n) is 4.00. The lowest BCUT2D eigenvalue weighted by Crippen LogP contribution is -2.37. The van der Waals surface area contributed by atoms with Gasteiger partial charge in [0.05, 0.1) is 11.8 Å². The summed E-state index contributed by atoms with van der Waals surface area (Å²) in [6.07, 6.45) is 2.57. The van der Waals surface area contributed by atoms with Gasteiger partial charge in [0.15, 0.2) is 0 Å². The molecule has 0 saturated carbocycles. The molecule has 4 nitrogen and oxygen atoms in total. The fourth-order valence-electron chi connectivity index (χ4n) is 1.56. The van der Waals surface area contributed by atoms with E-state index in [1.54, 1.807) is 6.20 Å². The second kappa shape index (κ2) is 4.96. The summed E-state index contributed by atoms with van der Waals surface area (Å²) < 4.78 is 0. The number of rotatable bonds is 4. The molecule has 1 heterocycles. The van der Waals surface area contributed by atoms with E-state index in [4.69, 9.17) is 0 Å². The summed E-state index contributed by atoms with van der Waals surface area (Å²) in [5.41, 5.74) is 1.51. The maximum absolute atomic E-state index is 12.1. The molecule has 0 spiro atoms. The van der Waals surface area contributed by atoms with E-state index in [-0.39, 0.29) is 11.9 Å². The van der Waals surface area contributed by atoms with E-state index in [2.05, 4.69) is 17.1 Å². The number of carbonyl (C=O) groups excluding carboxylic acids is 1. The van der Waals surface area contributed by atoms with E-state index in [0.717, 1.165) is 18.7 Å². The molecular weight excluding hydrogens is 190 g/mol. The van der Waals surface area contributed by atoms with Crippen molar-refractivity contribution < 1.29 is 4.79 Å². The van der Waals surface area contributed by atoms with Gasteiger partial charge in [-0.3, -0.25) is 9.89 Å². The first-order chi connectivity index (χ1) is 7.07. The smallest absolute Gasteiger partial charge is 0.257 e. The molecule has 0 unspecified atom stereocenters. The van der Waals surface area contributed by atoms with Gasteiger partial charge in [-0.25, -0.2) is 0 Å². The number of hydrogen-bond donors (Lipinski definition) is 1. The van der Waals surface area contributed by atoms with Crippen molar-refractivity contribution in [1.82, 2.24) is 15.1 Å². The van der Waals surface area contributed by atoms with E-state index in [9.17, 15) is 4.79 Å². The summed E-state index contributed by atoms with van der Waals surface area (Å²) in [5.74, 6) is 0.0677. The number of H-pyrrole nitrogens is 1. The van der Waals surface area contributed by atoms with Crippen molar-refractivity contribution in [2.24, 2.45) is 0 Å². The molecule has 1 aromatic rings. The molecule has 0 fully saturated rings. The molecule has 0 aliphatic heterocycles. The minimum absolute atomic E-state index is 0.0677. The number of nitrogens with one attached hydrogen (secondary N) is 1. The number of nitrogens with zero attached hydrogens (tertiary/aromatic N) is 2. The lowest BCUT2D eigenvalue weighted by atomic mass is 10.2. The van der Waals surface area contributed by atoms with Gasteiger partial charge >= 0.3 is 0 Å². The Hall–Kier alpha value is -1.32. The summed E-state index contributed by atoms with van der Waals surface area (Å²) in [5, 5.41) is 6.66. The van der Waals surface area contributed by atoms with E-state index >= 15 is 0 Å². The van der Waals surface area contributed by atoms with Crippen LogP contribution in [0.5, 0.6) is 0 Å². The third-order valence-corrected chi connectivity index (χ3v) is 2.41. The molecule has 1 rings (SSSR count). The summed E-state index contributed by atoms with van der Waals surface area (Å²) in [7, 11) is 0. The third-order valence-electron chi connectivity index (χ3n) is 2.41. The Labute approximate surface area is 90.7 Å². The van der Waals surface area contributed by atoms with Crippen molar-refractivity contribution in [3.63, 3.8) is 0 Å². The number of carbonyl (C=O) groups is 1. The van der Waals surface area contributed by atoms with Crippen molar-refractivity contribution in [2.45, 2.75) is 40.2 Å². The minimum Gasteiger partial charge on any atom is -0.336 e. The zero-order valence-corrected chi connectivity index (χ0v) is 9.87. The van der Waals surface area contributed by atoms with Crippen LogP contribution in [-0.4, -0.2) is 33.6 Å². The Balaban J connectivity index is 2.86. The molecule has 1 amide bonds. The van der Waals surface area contributed by atoms with Crippen molar-refractivity contribution >= 4 is 5.91 Å². The average molecular weight is 209 g/mol. The van der Waals surface area contributed by atoms with Crippen LogP contribution in [-0.2, 0) is 0 Å². The molecule has 1 aromatic heterocycles. The van der Waals surface area contributed by atoms with Crippen molar-refractivity contribution in [3.8, 4) is 0 Å². The van der Waals surface area contributed by atoms with Gasteiger partial charge in [-0.1, -0.05) is 6.92 Å². The number of hydrogen-bond acceptors (Lipinski definition) is 2. The van der Waals surface area contributed by atoms with Crippen LogP contribution in [0, 0.1) is 6.92 Å². The van der Waals surface area contributed by atoms with Crippen LogP contribution in [0.2, 0.25) is 0 Å². The van der Waals surface area contributed by atoms with Gasteiger partial charge in [-0.2, -0.15) is 5.10 Å². The minimum atomic E-state index is 0.0677. The highest BCUT2D eigenvalue weighted by Crippen LogP contribution is 2.10. The first-order valence-electron chi connectivity index (χ1n) is 5.38. The van der Waals surface area contributed by atoms with E-state index < -0.39 is 0 Å². The van der Waals surface area contributed by atoms with Crippen LogP contribution in [0.3, 0.4) is 0 Å². The number of amides is 1. The molecular formula is C11H19N3O. The Morgan fingerprint density at radius 1 is 1.60 bits per heavy atom. The summed E-state index contributed by atoms with van der Waals surface area (Å²) in [6, 6.07) is 0.228. The lowest BCUT2D eigenvalue weighted by molar-refractivity contribution is 0.0705. The molecule has 15 heavy (non-hydrogen) atoms. The van der Waals surface area contributed by atoms with E-state index in [1.165, 1.54) is 0 Å². The number of aromatic nitrogens is 2. The molecule has 4 heteroatoms. The highest BCUT2D eigenvalue weighted by Gasteiger charge is 2.20. The maximum atomic E-state index is 12.1. The SMILES string of the molecule is CCCN(C(=O)c1cn[nH]c1C)C(C)C. The molecule has 1 N–H and O–H groups in total. The zero-order chi connectivity index (χ0) is 11.4. The topological polar surface area (TPSA) is 49.0 Å². The van der Waals surface area contributed by atoms with Crippen LogP contribution in [0.1, 0.15) is 43.2 Å². The summed E-state index contributed by atoms with van der Waals surface area (Å²) in [4.78, 5) is 14.0. The van der Waals surface area contributed by atoms with Gasteiger partial charge in [-0.05, 0) is 27.2 Å². The average Bonchev–Trinajstić information content (AvgIpc) is 2.59. The molecule has 0 aliphatic rings. The monoisotopic (exact) mass is 209 g/mol. The molecule has 84 valence electrons. The van der Waals surface area contributed by atoms with Crippen LogP contribution < -0.4 is 0 Å². The van der Waals surface area contributed by atoms with Gasteiger partial charge in [0.1, 0.15) is 0 Å². The zero-order valence-electron chi connectivity index (χ0n) is 9.87. The highest BCUT2D eigenvalue weighted by molar-refractivity contribution is 5.95. The molecule has 0 bridgehead atoms. The highest BCUT2D eigenvalue weighted by atomic mass is 16.2. The van der Waals surface area contributed by atoms with Crippen molar-refractivity contribution in [3.05, 3.63) is 17.5 Å². The second-order valence-corrected chi connectivity index (χ2v) is 4.00. The van der Waals surface area contributed by atoms with Gasteiger partial charge in [0.25, 0.3) is 5.91 Å². The fraction of sp³-hybridized carbons (Fsp3) is 0.636. The van der Waals surface area contributed by atoms with Gasteiger partial charge < -0.3 is 4.90 Å². The predicted molar refractivity (Wildman–Crippen MR) is 59.8 cm³/mol. The Bertz CT molecular complexity index is 330. The Kier molecular flexibility index (Phi) is 3.88. The van der Waals surface area contributed by atoms with E-state index in [1.807, 2.05) is 25.7 Å². The summed E-state index contributed by atoms with van der Waals surface area (Å²) >= 11 is 0. The number of aryl methyl sites for hydroxylation is 1. The fourth-order valence-corrected chi connectivity index (χ4v) is 1.56. The molecule has 0 atom stereocenters. The first-order valence-corrected chi connectivity index (χ1v) is 5.38. The number of aromatic amines is 1. The third kappa shape index (κ3) is 2.58. The Morgan fingerprint density at radius 3 is 2.67 bits per heavy atom. The van der Waals surface area contributed by atoms with Crippen molar-refractivity contribution in [1.29, 1.82) is 0 Å². The van der Waals surface area contributed by atoms with E-state index in [0.29, 0.717) is 5.56 Å². The van der Waals surface area contributed by atoms with Crippen LogP contribution in [0.4, 0.5) is 0 Å². The first kappa shape index (κ1) is 11.8. The molecule has 0 saturated heterocycles. The van der Waals surface area contributed by atoms with Gasteiger partial charge in [0.2, 0.25) is 0 Å². The predicted octanol–water partition coefficient (Wildman–Crippen LogP) is 1.98. The van der Waals surface area contributed by atoms with Crippen LogP contribution in [0.15, 0.2) is 6.20 Å². The molecule has 0 aromatic carbocycles. The summed E-state index contributed by atoms with van der Waals surface area (Å²) in [6.45, 7) is 8.79. The van der Waals surface area contributed by atoms with Gasteiger partial charge in [0, 0.05) is 18.3 Å². The van der Waals surface area contributed by atoms with Crippen LogP contribution >= 0.6 is 0 Å². The normalized spacial score (nSPS) is 10.7.